The average molecular weight is 222 g/mol. The molecule has 1 aromatic heterocycles. The maximum atomic E-state index is 12.7. The van der Waals surface area contributed by atoms with E-state index >= 15 is 0 Å². The summed E-state index contributed by atoms with van der Waals surface area (Å²) in [6.45, 7) is 0. The van der Waals surface area contributed by atoms with Gasteiger partial charge in [-0.15, -0.1) is 0 Å². The molecule has 0 spiro atoms. The second-order valence-electron chi connectivity index (χ2n) is 2.44. The number of aromatic nitrogens is 1. The van der Waals surface area contributed by atoms with Gasteiger partial charge >= 0.3 is 0 Å². The minimum Gasteiger partial charge on any atom is -0.480 e. The minimum atomic E-state index is -3.16. The standard InChI is InChI=1S/C7H5F3N2O3/c1-15-7-5(6(9)10)3(12(13)14)2-4(8)11-7/h2,6H,1H3. The molecule has 0 aliphatic heterocycles. The van der Waals surface area contributed by atoms with Crippen molar-refractivity contribution < 1.29 is 22.8 Å². The van der Waals surface area contributed by atoms with Crippen molar-refractivity contribution in [3.8, 4) is 5.88 Å². The maximum Gasteiger partial charge on any atom is 0.288 e. The molecule has 0 atom stereocenters. The van der Waals surface area contributed by atoms with Crippen molar-refractivity contribution in [3.05, 3.63) is 27.7 Å². The predicted molar refractivity (Wildman–Crippen MR) is 42.4 cm³/mol. The molecule has 5 nitrogen and oxygen atoms in total. The van der Waals surface area contributed by atoms with Gasteiger partial charge in [-0.25, -0.2) is 8.78 Å². The van der Waals surface area contributed by atoms with Crippen LogP contribution in [-0.2, 0) is 0 Å². The van der Waals surface area contributed by atoms with Crippen LogP contribution in [-0.4, -0.2) is 17.0 Å². The zero-order valence-corrected chi connectivity index (χ0v) is 7.41. The number of rotatable bonds is 3. The van der Waals surface area contributed by atoms with Crippen molar-refractivity contribution in [2.75, 3.05) is 7.11 Å². The summed E-state index contributed by atoms with van der Waals surface area (Å²) in [7, 11) is 0.970. The molecule has 0 radical (unpaired) electrons. The molecule has 1 aromatic rings. The third-order valence-electron chi connectivity index (χ3n) is 1.58. The van der Waals surface area contributed by atoms with Gasteiger partial charge < -0.3 is 4.74 Å². The van der Waals surface area contributed by atoms with Crippen LogP contribution >= 0.6 is 0 Å². The molecule has 0 fully saturated rings. The molecule has 0 aromatic carbocycles. The summed E-state index contributed by atoms with van der Waals surface area (Å²) >= 11 is 0. The highest BCUT2D eigenvalue weighted by molar-refractivity contribution is 5.46. The monoisotopic (exact) mass is 222 g/mol. The predicted octanol–water partition coefficient (Wildman–Crippen LogP) is 2.08. The van der Waals surface area contributed by atoms with Gasteiger partial charge in [0.15, 0.2) is 5.56 Å². The number of hydrogen-bond donors (Lipinski definition) is 0. The summed E-state index contributed by atoms with van der Waals surface area (Å²) in [5.41, 5.74) is -2.07. The SMILES string of the molecule is COc1nc(F)cc([N+](=O)[O-])c1C(F)F. The van der Waals surface area contributed by atoms with Crippen LogP contribution in [0.5, 0.6) is 5.88 Å². The van der Waals surface area contributed by atoms with Gasteiger partial charge in [0.25, 0.3) is 12.1 Å². The number of nitrogens with zero attached hydrogens (tertiary/aromatic N) is 2. The molecule has 0 saturated carbocycles. The summed E-state index contributed by atoms with van der Waals surface area (Å²) in [6, 6.07) is 0.323. The summed E-state index contributed by atoms with van der Waals surface area (Å²) in [5.74, 6) is -2.03. The largest absolute Gasteiger partial charge is 0.480 e. The molecule has 8 heteroatoms. The van der Waals surface area contributed by atoms with E-state index in [9.17, 15) is 23.3 Å². The second-order valence-corrected chi connectivity index (χ2v) is 2.44. The van der Waals surface area contributed by atoms with Gasteiger partial charge in [-0.3, -0.25) is 10.1 Å². The number of halogens is 3. The lowest BCUT2D eigenvalue weighted by atomic mass is 10.2. The first-order valence-electron chi connectivity index (χ1n) is 3.64. The van der Waals surface area contributed by atoms with Crippen LogP contribution in [0.4, 0.5) is 18.9 Å². The second kappa shape index (κ2) is 4.11. The number of hydrogen-bond acceptors (Lipinski definition) is 4. The molecule has 0 N–H and O–H groups in total. The van der Waals surface area contributed by atoms with E-state index < -0.39 is 34.4 Å². The molecule has 0 saturated heterocycles. The number of methoxy groups -OCH3 is 1. The van der Waals surface area contributed by atoms with E-state index in [-0.39, 0.29) is 0 Å². The highest BCUT2D eigenvalue weighted by atomic mass is 19.3. The first-order valence-corrected chi connectivity index (χ1v) is 3.64. The van der Waals surface area contributed by atoms with Crippen LogP contribution in [0.25, 0.3) is 0 Å². The zero-order chi connectivity index (χ0) is 11.6. The van der Waals surface area contributed by atoms with Crippen LogP contribution in [0, 0.1) is 16.1 Å². The van der Waals surface area contributed by atoms with Gasteiger partial charge in [-0.05, 0) is 0 Å². The Bertz CT molecular complexity index is 397. The number of alkyl halides is 2. The molecule has 1 heterocycles. The third kappa shape index (κ3) is 2.14. The van der Waals surface area contributed by atoms with Crippen molar-refractivity contribution in [1.82, 2.24) is 4.98 Å². The van der Waals surface area contributed by atoms with Gasteiger partial charge in [0.1, 0.15) is 0 Å². The van der Waals surface area contributed by atoms with Gasteiger partial charge in [0, 0.05) is 0 Å². The van der Waals surface area contributed by atoms with Crippen molar-refractivity contribution in [2.45, 2.75) is 6.43 Å². The van der Waals surface area contributed by atoms with Gasteiger partial charge in [-0.2, -0.15) is 9.37 Å². The maximum absolute atomic E-state index is 12.7. The lowest BCUT2D eigenvalue weighted by Gasteiger charge is -2.06. The van der Waals surface area contributed by atoms with E-state index in [0.717, 1.165) is 7.11 Å². The molecular formula is C7H5F3N2O3. The Hall–Kier alpha value is -1.86. The van der Waals surface area contributed by atoms with Gasteiger partial charge in [0.2, 0.25) is 11.8 Å². The Labute approximate surface area is 81.6 Å². The smallest absolute Gasteiger partial charge is 0.288 e. The van der Waals surface area contributed by atoms with E-state index in [4.69, 9.17) is 0 Å². The molecule has 0 aliphatic rings. The van der Waals surface area contributed by atoms with Crippen LogP contribution < -0.4 is 4.74 Å². The van der Waals surface area contributed by atoms with Crippen molar-refractivity contribution in [2.24, 2.45) is 0 Å². The molecule has 0 amide bonds. The van der Waals surface area contributed by atoms with Crippen molar-refractivity contribution in [1.29, 1.82) is 0 Å². The lowest BCUT2D eigenvalue weighted by Crippen LogP contribution is -2.03. The molecular weight excluding hydrogens is 217 g/mol. The Kier molecular flexibility index (Phi) is 3.08. The van der Waals surface area contributed by atoms with Crippen LogP contribution in [0.2, 0.25) is 0 Å². The first-order chi connectivity index (χ1) is 6.97. The fourth-order valence-corrected chi connectivity index (χ4v) is 1.00. The molecule has 82 valence electrons. The Balaban J connectivity index is 3.47. The average Bonchev–Trinajstić information content (AvgIpc) is 2.15. The fourth-order valence-electron chi connectivity index (χ4n) is 1.00. The van der Waals surface area contributed by atoms with E-state index in [1.807, 2.05) is 0 Å². The Morgan fingerprint density at radius 2 is 2.20 bits per heavy atom. The Morgan fingerprint density at radius 1 is 1.60 bits per heavy atom. The van der Waals surface area contributed by atoms with Crippen LogP contribution in [0.15, 0.2) is 6.07 Å². The highest BCUT2D eigenvalue weighted by Gasteiger charge is 2.29. The number of ether oxygens (including phenoxy) is 1. The normalized spacial score (nSPS) is 10.5. The lowest BCUT2D eigenvalue weighted by molar-refractivity contribution is -0.386. The summed E-state index contributed by atoms with van der Waals surface area (Å²) in [5, 5.41) is 10.4. The molecule has 15 heavy (non-hydrogen) atoms. The van der Waals surface area contributed by atoms with E-state index in [1.165, 1.54) is 0 Å². The first kappa shape index (κ1) is 11.2. The fraction of sp³-hybridized carbons (Fsp3) is 0.286. The van der Waals surface area contributed by atoms with E-state index in [1.54, 1.807) is 0 Å². The number of nitro groups is 1. The third-order valence-corrected chi connectivity index (χ3v) is 1.58. The van der Waals surface area contributed by atoms with Gasteiger partial charge in [-0.1, -0.05) is 0 Å². The van der Waals surface area contributed by atoms with Crippen molar-refractivity contribution in [3.63, 3.8) is 0 Å². The summed E-state index contributed by atoms with van der Waals surface area (Å²) in [4.78, 5) is 12.2. The van der Waals surface area contributed by atoms with Crippen LogP contribution in [0.1, 0.15) is 12.0 Å². The molecule has 0 bridgehead atoms. The zero-order valence-electron chi connectivity index (χ0n) is 7.41. The topological polar surface area (TPSA) is 65.3 Å². The van der Waals surface area contributed by atoms with Gasteiger partial charge in [0.05, 0.1) is 18.1 Å². The molecule has 0 aliphatic carbocycles. The summed E-state index contributed by atoms with van der Waals surface area (Å²) in [6.07, 6.45) is -3.16. The van der Waals surface area contributed by atoms with E-state index in [0.29, 0.717) is 6.07 Å². The van der Waals surface area contributed by atoms with Crippen LogP contribution in [0.3, 0.4) is 0 Å². The number of pyridine rings is 1. The van der Waals surface area contributed by atoms with E-state index in [2.05, 4.69) is 9.72 Å². The molecule has 0 unspecified atom stereocenters. The summed E-state index contributed by atoms with van der Waals surface area (Å²) < 4.78 is 41.9. The van der Waals surface area contributed by atoms with Crippen molar-refractivity contribution >= 4 is 5.69 Å². The molecule has 1 rings (SSSR count). The highest BCUT2D eigenvalue weighted by Crippen LogP contribution is 2.35. The Morgan fingerprint density at radius 3 is 2.60 bits per heavy atom. The quantitative estimate of drug-likeness (QED) is 0.446. The minimum absolute atomic E-state index is 0.323.